The van der Waals surface area contributed by atoms with Gasteiger partial charge < -0.3 is 10.2 Å². The molecule has 1 aliphatic carbocycles. The van der Waals surface area contributed by atoms with Gasteiger partial charge in [0.1, 0.15) is 0 Å². The zero-order valence-corrected chi connectivity index (χ0v) is 13.2. The van der Waals surface area contributed by atoms with Gasteiger partial charge in [0.05, 0.1) is 0 Å². The summed E-state index contributed by atoms with van der Waals surface area (Å²) in [7, 11) is 0. The first-order valence-electron chi connectivity index (χ1n) is 7.70. The van der Waals surface area contributed by atoms with Gasteiger partial charge in [-0.15, -0.1) is 0 Å². The highest BCUT2D eigenvalue weighted by Crippen LogP contribution is 2.41. The Morgan fingerprint density at radius 2 is 2.06 bits per heavy atom. The fourth-order valence-corrected chi connectivity index (χ4v) is 4.80. The van der Waals surface area contributed by atoms with Crippen LogP contribution in [0.3, 0.4) is 0 Å². The van der Waals surface area contributed by atoms with E-state index in [1.54, 1.807) is 0 Å². The fraction of sp³-hybridized carbons (Fsp3) is 1.00. The number of thioether (sulfide) groups is 1. The molecule has 1 aliphatic heterocycles. The Bertz CT molecular complexity index is 251. The average molecular weight is 270 g/mol. The van der Waals surface area contributed by atoms with E-state index in [2.05, 4.69) is 42.1 Å². The second kappa shape index (κ2) is 6.62. The number of piperidine rings is 1. The molecule has 2 atom stereocenters. The average Bonchev–Trinajstić information content (AvgIpc) is 2.82. The van der Waals surface area contributed by atoms with Crippen molar-refractivity contribution in [3.05, 3.63) is 0 Å². The van der Waals surface area contributed by atoms with E-state index in [1.807, 2.05) is 0 Å². The van der Waals surface area contributed by atoms with Crippen molar-refractivity contribution in [1.29, 1.82) is 0 Å². The Labute approximate surface area is 117 Å². The highest BCUT2D eigenvalue weighted by Gasteiger charge is 2.36. The molecule has 2 aliphatic rings. The Hall–Kier alpha value is 0.270. The number of hydrogen-bond acceptors (Lipinski definition) is 3. The van der Waals surface area contributed by atoms with Gasteiger partial charge in [0, 0.05) is 23.9 Å². The normalized spacial score (nSPS) is 32.8. The van der Waals surface area contributed by atoms with Gasteiger partial charge in [0.25, 0.3) is 0 Å². The highest BCUT2D eigenvalue weighted by atomic mass is 32.2. The summed E-state index contributed by atoms with van der Waals surface area (Å²) < 4.78 is 0.588. The summed E-state index contributed by atoms with van der Waals surface area (Å²) in [6.07, 6.45) is 9.43. The second-order valence-corrected chi connectivity index (χ2v) is 7.53. The first-order valence-corrected chi connectivity index (χ1v) is 8.92. The molecular weight excluding hydrogens is 240 g/mol. The third-order valence-electron chi connectivity index (χ3n) is 4.92. The van der Waals surface area contributed by atoms with Crippen molar-refractivity contribution in [1.82, 2.24) is 10.2 Å². The van der Waals surface area contributed by atoms with E-state index >= 15 is 0 Å². The van der Waals surface area contributed by atoms with Crippen LogP contribution in [0.5, 0.6) is 0 Å². The summed E-state index contributed by atoms with van der Waals surface area (Å²) in [5.41, 5.74) is 0. The topological polar surface area (TPSA) is 15.3 Å². The van der Waals surface area contributed by atoms with Gasteiger partial charge in [-0.25, -0.2) is 0 Å². The van der Waals surface area contributed by atoms with E-state index in [0.29, 0.717) is 4.75 Å². The van der Waals surface area contributed by atoms with Crippen LogP contribution < -0.4 is 5.32 Å². The minimum Gasteiger partial charge on any atom is -0.314 e. The number of nitrogens with one attached hydrogen (secondary N) is 1. The molecule has 0 aromatic heterocycles. The van der Waals surface area contributed by atoms with E-state index in [-0.39, 0.29) is 0 Å². The van der Waals surface area contributed by atoms with Crippen LogP contribution in [-0.4, -0.2) is 48.1 Å². The molecule has 0 bridgehead atoms. The molecule has 2 rings (SSSR count). The van der Waals surface area contributed by atoms with E-state index in [1.165, 1.54) is 51.7 Å². The summed E-state index contributed by atoms with van der Waals surface area (Å²) in [6, 6.07) is 0.750. The minimum absolute atomic E-state index is 0.588. The monoisotopic (exact) mass is 270 g/mol. The standard InChI is InChI=1S/C15H30N2S/c1-4-16-14-7-10-17(11-13(14)2)12-15(18-3)8-5-6-9-15/h13-14,16H,4-12H2,1-3H3. The van der Waals surface area contributed by atoms with Crippen molar-refractivity contribution < 1.29 is 0 Å². The van der Waals surface area contributed by atoms with Gasteiger partial charge in [-0.3, -0.25) is 0 Å². The lowest BCUT2D eigenvalue weighted by atomic mass is 9.92. The van der Waals surface area contributed by atoms with Crippen molar-refractivity contribution in [2.75, 3.05) is 32.4 Å². The van der Waals surface area contributed by atoms with Crippen molar-refractivity contribution in [3.8, 4) is 0 Å². The van der Waals surface area contributed by atoms with Crippen LogP contribution in [0.15, 0.2) is 0 Å². The first-order chi connectivity index (χ1) is 8.69. The van der Waals surface area contributed by atoms with Gasteiger partial charge >= 0.3 is 0 Å². The van der Waals surface area contributed by atoms with Gasteiger partial charge in [-0.05, 0) is 44.5 Å². The van der Waals surface area contributed by atoms with Crippen LogP contribution in [0.4, 0.5) is 0 Å². The van der Waals surface area contributed by atoms with Crippen LogP contribution in [0.1, 0.15) is 46.0 Å². The minimum atomic E-state index is 0.588. The molecule has 2 fully saturated rings. The Morgan fingerprint density at radius 1 is 1.33 bits per heavy atom. The molecule has 0 radical (unpaired) electrons. The summed E-state index contributed by atoms with van der Waals surface area (Å²) in [6.45, 7) is 9.67. The molecule has 1 saturated carbocycles. The number of likely N-dealkylation sites (tertiary alicyclic amines) is 1. The quantitative estimate of drug-likeness (QED) is 0.827. The molecule has 1 saturated heterocycles. The van der Waals surface area contributed by atoms with E-state index in [9.17, 15) is 0 Å². The number of nitrogens with zero attached hydrogens (tertiary/aromatic N) is 1. The summed E-state index contributed by atoms with van der Waals surface area (Å²) in [4.78, 5) is 2.74. The molecule has 106 valence electrons. The predicted octanol–water partition coefficient (Wildman–Crippen LogP) is 2.98. The van der Waals surface area contributed by atoms with Gasteiger partial charge in [0.2, 0.25) is 0 Å². The molecule has 2 unspecified atom stereocenters. The number of hydrogen-bond donors (Lipinski definition) is 1. The van der Waals surface area contributed by atoms with Crippen molar-refractivity contribution in [3.63, 3.8) is 0 Å². The third kappa shape index (κ3) is 3.43. The van der Waals surface area contributed by atoms with E-state index < -0.39 is 0 Å². The fourth-order valence-electron chi connectivity index (χ4n) is 3.79. The van der Waals surface area contributed by atoms with Crippen molar-refractivity contribution >= 4 is 11.8 Å². The largest absolute Gasteiger partial charge is 0.314 e. The number of rotatable bonds is 5. The smallest absolute Gasteiger partial charge is 0.0284 e. The second-order valence-electron chi connectivity index (χ2n) is 6.26. The van der Waals surface area contributed by atoms with E-state index in [4.69, 9.17) is 0 Å². The van der Waals surface area contributed by atoms with Crippen LogP contribution in [0.25, 0.3) is 0 Å². The van der Waals surface area contributed by atoms with Crippen LogP contribution >= 0.6 is 11.8 Å². The molecule has 0 amide bonds. The Balaban J connectivity index is 1.84. The maximum atomic E-state index is 3.64. The summed E-state index contributed by atoms with van der Waals surface area (Å²) in [5.74, 6) is 0.805. The molecular formula is C15H30N2S. The lowest BCUT2D eigenvalue weighted by Gasteiger charge is -2.41. The van der Waals surface area contributed by atoms with Gasteiger partial charge in [-0.2, -0.15) is 11.8 Å². The molecule has 0 aromatic carbocycles. The predicted molar refractivity (Wildman–Crippen MR) is 82.4 cm³/mol. The maximum absolute atomic E-state index is 3.64. The zero-order chi connectivity index (χ0) is 13.0. The first kappa shape index (κ1) is 14.7. The van der Waals surface area contributed by atoms with Crippen LogP contribution in [0.2, 0.25) is 0 Å². The molecule has 0 aromatic rings. The van der Waals surface area contributed by atoms with Crippen LogP contribution in [-0.2, 0) is 0 Å². The Morgan fingerprint density at radius 3 is 2.61 bits per heavy atom. The highest BCUT2D eigenvalue weighted by molar-refractivity contribution is 8.00. The van der Waals surface area contributed by atoms with Gasteiger partial charge in [0.15, 0.2) is 0 Å². The molecule has 1 heterocycles. The molecule has 2 nitrogen and oxygen atoms in total. The molecule has 0 spiro atoms. The molecule has 3 heteroatoms. The SMILES string of the molecule is CCNC1CCN(CC2(SC)CCCC2)CC1C. The molecule has 18 heavy (non-hydrogen) atoms. The van der Waals surface area contributed by atoms with E-state index in [0.717, 1.165) is 18.5 Å². The summed E-state index contributed by atoms with van der Waals surface area (Å²) in [5, 5.41) is 3.64. The Kier molecular flexibility index (Phi) is 5.40. The zero-order valence-electron chi connectivity index (χ0n) is 12.4. The lowest BCUT2D eigenvalue weighted by molar-refractivity contribution is 0.137. The maximum Gasteiger partial charge on any atom is 0.0284 e. The lowest BCUT2D eigenvalue weighted by Crippen LogP contribution is -2.51. The van der Waals surface area contributed by atoms with Gasteiger partial charge in [-0.1, -0.05) is 26.7 Å². The van der Waals surface area contributed by atoms with Crippen molar-refractivity contribution in [2.24, 2.45) is 5.92 Å². The molecule has 1 N–H and O–H groups in total. The van der Waals surface area contributed by atoms with Crippen molar-refractivity contribution in [2.45, 2.75) is 56.7 Å². The van der Waals surface area contributed by atoms with Crippen LogP contribution in [0, 0.1) is 5.92 Å². The third-order valence-corrected chi connectivity index (χ3v) is 6.32. The summed E-state index contributed by atoms with van der Waals surface area (Å²) >= 11 is 2.13.